The van der Waals surface area contributed by atoms with E-state index in [1.54, 1.807) is 42.5 Å². The van der Waals surface area contributed by atoms with Crippen LogP contribution < -0.4 is 5.43 Å². The number of carbonyl (C=O) groups excluding carboxylic acids is 1. The van der Waals surface area contributed by atoms with E-state index >= 15 is 0 Å². The lowest BCUT2D eigenvalue weighted by molar-refractivity contribution is -0.129. The van der Waals surface area contributed by atoms with Crippen LogP contribution in [0.2, 0.25) is 0 Å². The smallest absolute Gasteiger partial charge is 0.273 e. The fraction of sp³-hybridized carbons (Fsp3) is 0.0526. The number of aromatic hydroxyl groups is 1. The molecule has 0 saturated heterocycles. The molecule has 0 aromatic heterocycles. The number of rotatable bonds is 4. The molecule has 1 atom stereocenters. The Morgan fingerprint density at radius 2 is 1.71 bits per heavy atom. The fourth-order valence-corrected chi connectivity index (χ4v) is 2.39. The molecule has 0 aliphatic carbocycles. The van der Waals surface area contributed by atoms with E-state index in [0.717, 1.165) is 5.39 Å². The maximum absolute atomic E-state index is 11.9. The van der Waals surface area contributed by atoms with Gasteiger partial charge in [-0.05, 0) is 17.0 Å². The van der Waals surface area contributed by atoms with E-state index in [4.69, 9.17) is 0 Å². The summed E-state index contributed by atoms with van der Waals surface area (Å²) in [5.74, 6) is -0.549. The largest absolute Gasteiger partial charge is 0.507 e. The second-order valence-corrected chi connectivity index (χ2v) is 5.27. The molecule has 3 N–H and O–H groups in total. The van der Waals surface area contributed by atoms with Gasteiger partial charge in [0.1, 0.15) is 5.75 Å². The first-order valence-electron chi connectivity index (χ1n) is 7.43. The number of benzene rings is 3. The van der Waals surface area contributed by atoms with Crippen LogP contribution in [0.3, 0.4) is 0 Å². The van der Waals surface area contributed by atoms with Crippen LogP contribution in [0.15, 0.2) is 71.8 Å². The highest BCUT2D eigenvalue weighted by Crippen LogP contribution is 2.27. The summed E-state index contributed by atoms with van der Waals surface area (Å²) in [6, 6.07) is 19.6. The molecule has 0 radical (unpaired) electrons. The summed E-state index contributed by atoms with van der Waals surface area (Å²) < 4.78 is 0. The van der Waals surface area contributed by atoms with Crippen molar-refractivity contribution in [1.82, 2.24) is 5.43 Å². The Morgan fingerprint density at radius 3 is 2.50 bits per heavy atom. The summed E-state index contributed by atoms with van der Waals surface area (Å²) in [5.41, 5.74) is 3.23. The Balaban J connectivity index is 1.72. The number of fused-ring (bicyclic) bond motifs is 1. The van der Waals surface area contributed by atoms with Gasteiger partial charge in [0.2, 0.25) is 0 Å². The molecule has 5 nitrogen and oxygen atoms in total. The van der Waals surface area contributed by atoms with Gasteiger partial charge in [-0.3, -0.25) is 4.79 Å². The number of amides is 1. The molecule has 0 fully saturated rings. The zero-order valence-corrected chi connectivity index (χ0v) is 12.8. The number of hydrogen-bond acceptors (Lipinski definition) is 4. The SMILES string of the molecule is O=C(NN=Cc1ccc2ccccc2c1O)[C@@H](O)c1ccccc1. The molecule has 120 valence electrons. The van der Waals surface area contributed by atoms with E-state index < -0.39 is 12.0 Å². The van der Waals surface area contributed by atoms with Gasteiger partial charge in [0.15, 0.2) is 6.10 Å². The number of nitrogens with one attached hydrogen (secondary N) is 1. The predicted molar refractivity (Wildman–Crippen MR) is 92.8 cm³/mol. The Hall–Kier alpha value is -3.18. The third kappa shape index (κ3) is 3.26. The van der Waals surface area contributed by atoms with Crippen molar-refractivity contribution in [1.29, 1.82) is 0 Å². The molecular formula is C19H16N2O3. The van der Waals surface area contributed by atoms with Gasteiger partial charge in [-0.1, -0.05) is 60.7 Å². The van der Waals surface area contributed by atoms with Gasteiger partial charge in [-0.15, -0.1) is 0 Å². The van der Waals surface area contributed by atoms with Crippen LogP contribution >= 0.6 is 0 Å². The highest BCUT2D eigenvalue weighted by Gasteiger charge is 2.16. The van der Waals surface area contributed by atoms with Crippen molar-refractivity contribution >= 4 is 22.9 Å². The quantitative estimate of drug-likeness (QED) is 0.510. The van der Waals surface area contributed by atoms with E-state index in [-0.39, 0.29) is 5.75 Å². The van der Waals surface area contributed by atoms with Crippen molar-refractivity contribution in [2.45, 2.75) is 6.10 Å². The second-order valence-electron chi connectivity index (χ2n) is 5.27. The molecule has 0 spiro atoms. The number of carbonyl (C=O) groups is 1. The van der Waals surface area contributed by atoms with E-state index in [1.165, 1.54) is 6.21 Å². The molecule has 5 heteroatoms. The van der Waals surface area contributed by atoms with E-state index in [2.05, 4.69) is 10.5 Å². The van der Waals surface area contributed by atoms with E-state index in [1.807, 2.05) is 24.3 Å². The monoisotopic (exact) mass is 320 g/mol. The first-order chi connectivity index (χ1) is 11.7. The average molecular weight is 320 g/mol. The molecule has 0 unspecified atom stereocenters. The van der Waals surface area contributed by atoms with Crippen LogP contribution in [0.1, 0.15) is 17.2 Å². The van der Waals surface area contributed by atoms with E-state index in [9.17, 15) is 15.0 Å². The molecular weight excluding hydrogens is 304 g/mol. The van der Waals surface area contributed by atoms with Crippen molar-refractivity contribution in [3.63, 3.8) is 0 Å². The summed E-state index contributed by atoms with van der Waals surface area (Å²) in [6.07, 6.45) is 0.0470. The lowest BCUT2D eigenvalue weighted by atomic mass is 10.1. The number of hydrogen-bond donors (Lipinski definition) is 3. The first kappa shape index (κ1) is 15.7. The lowest BCUT2D eigenvalue weighted by Gasteiger charge is -2.08. The summed E-state index contributed by atoms with van der Waals surface area (Å²) in [7, 11) is 0. The Morgan fingerprint density at radius 1 is 1.00 bits per heavy atom. The van der Waals surface area contributed by atoms with E-state index in [0.29, 0.717) is 16.5 Å². The first-order valence-corrected chi connectivity index (χ1v) is 7.43. The minimum atomic E-state index is -1.30. The third-order valence-electron chi connectivity index (χ3n) is 3.67. The van der Waals surface area contributed by atoms with Crippen molar-refractivity contribution in [3.05, 3.63) is 77.9 Å². The topological polar surface area (TPSA) is 81.9 Å². The van der Waals surface area contributed by atoms with Gasteiger partial charge in [0.25, 0.3) is 5.91 Å². The molecule has 3 rings (SSSR count). The number of phenols is 1. The maximum atomic E-state index is 11.9. The van der Waals surface area contributed by atoms with Crippen molar-refractivity contribution in [2.24, 2.45) is 5.10 Å². The lowest BCUT2D eigenvalue weighted by Crippen LogP contribution is -2.25. The van der Waals surface area contributed by atoms with Gasteiger partial charge < -0.3 is 10.2 Å². The molecule has 0 aliphatic heterocycles. The molecule has 3 aromatic carbocycles. The Bertz CT molecular complexity index is 892. The average Bonchev–Trinajstić information content (AvgIpc) is 2.64. The maximum Gasteiger partial charge on any atom is 0.273 e. The summed E-state index contributed by atoms with van der Waals surface area (Å²) >= 11 is 0. The van der Waals surface area contributed by atoms with Crippen LogP contribution in [0.5, 0.6) is 5.75 Å². The number of nitrogens with zero attached hydrogens (tertiary/aromatic N) is 1. The van der Waals surface area contributed by atoms with Crippen LogP contribution in [0, 0.1) is 0 Å². The molecule has 24 heavy (non-hydrogen) atoms. The number of hydrazone groups is 1. The number of aliphatic hydroxyl groups excluding tert-OH is 1. The van der Waals surface area contributed by atoms with Crippen LogP contribution in [0.25, 0.3) is 10.8 Å². The molecule has 1 amide bonds. The minimum absolute atomic E-state index is 0.0923. The minimum Gasteiger partial charge on any atom is -0.507 e. The zero-order chi connectivity index (χ0) is 16.9. The van der Waals surface area contributed by atoms with Gasteiger partial charge in [0.05, 0.1) is 6.21 Å². The molecule has 0 heterocycles. The van der Waals surface area contributed by atoms with Gasteiger partial charge >= 0.3 is 0 Å². The second kappa shape index (κ2) is 6.93. The van der Waals surface area contributed by atoms with Crippen LogP contribution in [-0.2, 0) is 4.79 Å². The Labute approximate surface area is 138 Å². The van der Waals surface area contributed by atoms with Gasteiger partial charge in [0, 0.05) is 10.9 Å². The summed E-state index contributed by atoms with van der Waals surface area (Å²) in [6.45, 7) is 0. The molecule has 0 saturated carbocycles. The van der Waals surface area contributed by atoms with Gasteiger partial charge in [-0.2, -0.15) is 5.10 Å². The molecule has 3 aromatic rings. The highest BCUT2D eigenvalue weighted by atomic mass is 16.3. The summed E-state index contributed by atoms with van der Waals surface area (Å²) in [5, 5.41) is 25.6. The normalized spacial score (nSPS) is 12.4. The van der Waals surface area contributed by atoms with Crippen molar-refractivity contribution in [3.8, 4) is 5.75 Å². The highest BCUT2D eigenvalue weighted by molar-refractivity contribution is 5.97. The van der Waals surface area contributed by atoms with Crippen molar-refractivity contribution in [2.75, 3.05) is 0 Å². The predicted octanol–water partition coefficient (Wildman–Crippen LogP) is 2.73. The molecule has 0 aliphatic rings. The summed E-state index contributed by atoms with van der Waals surface area (Å²) in [4.78, 5) is 11.9. The number of aliphatic hydroxyl groups is 1. The van der Waals surface area contributed by atoms with Gasteiger partial charge in [-0.25, -0.2) is 5.43 Å². The molecule has 0 bridgehead atoms. The zero-order valence-electron chi connectivity index (χ0n) is 12.8. The fourth-order valence-electron chi connectivity index (χ4n) is 2.39. The van der Waals surface area contributed by atoms with Crippen LogP contribution in [-0.4, -0.2) is 22.3 Å². The number of phenolic OH excluding ortho intramolecular Hbond substituents is 1. The standard InChI is InChI=1S/C19H16N2O3/c22-17-15(11-10-13-6-4-5-9-16(13)17)12-20-21-19(24)18(23)14-7-2-1-3-8-14/h1-12,18,22-23H,(H,21,24)/t18-/m0/s1. The Kier molecular flexibility index (Phi) is 4.54. The van der Waals surface area contributed by atoms with Crippen LogP contribution in [0.4, 0.5) is 0 Å². The van der Waals surface area contributed by atoms with Crippen molar-refractivity contribution < 1.29 is 15.0 Å². The third-order valence-corrected chi connectivity index (χ3v) is 3.67.